The number of anilines is 2. The molecular formula is C12H14N4O2. The zero-order chi connectivity index (χ0) is 13.0. The first-order valence-corrected chi connectivity index (χ1v) is 5.64. The number of carbonyl (C=O) groups is 1. The van der Waals surface area contributed by atoms with E-state index >= 15 is 0 Å². The number of nitrogens with zero attached hydrogens (tertiary/aromatic N) is 2. The summed E-state index contributed by atoms with van der Waals surface area (Å²) >= 11 is 0. The van der Waals surface area contributed by atoms with Gasteiger partial charge in [-0.3, -0.25) is 10.1 Å². The molecule has 0 saturated carbocycles. The largest absolute Gasteiger partial charge is 0.370 e. The van der Waals surface area contributed by atoms with E-state index in [1.807, 2.05) is 6.92 Å². The standard InChI is InChI=1S/C12H14N4O2/c1-3-13-11-9(5-4-6-14-11)12(17)15-10-7-8(2)16-18-10/h4-7H,3H2,1-2H3,(H,13,14)(H,15,17). The van der Waals surface area contributed by atoms with Crippen LogP contribution in [0.25, 0.3) is 0 Å². The fraction of sp³-hybridized carbons (Fsp3) is 0.250. The maximum atomic E-state index is 12.0. The van der Waals surface area contributed by atoms with Gasteiger partial charge in [-0.05, 0) is 26.0 Å². The summed E-state index contributed by atoms with van der Waals surface area (Å²) in [6, 6.07) is 5.06. The first kappa shape index (κ1) is 12.1. The van der Waals surface area contributed by atoms with Gasteiger partial charge in [0.1, 0.15) is 5.82 Å². The zero-order valence-corrected chi connectivity index (χ0v) is 10.2. The molecule has 0 atom stereocenters. The van der Waals surface area contributed by atoms with Gasteiger partial charge in [-0.2, -0.15) is 0 Å². The molecule has 2 rings (SSSR count). The molecule has 0 aromatic carbocycles. The third kappa shape index (κ3) is 2.65. The lowest BCUT2D eigenvalue weighted by Gasteiger charge is -2.07. The minimum absolute atomic E-state index is 0.282. The Hall–Kier alpha value is -2.37. The SMILES string of the molecule is CCNc1ncccc1C(=O)Nc1cc(C)no1. The molecule has 0 aliphatic heterocycles. The van der Waals surface area contributed by atoms with Crippen LogP contribution in [0.1, 0.15) is 23.0 Å². The van der Waals surface area contributed by atoms with Crippen LogP contribution in [0.4, 0.5) is 11.7 Å². The van der Waals surface area contributed by atoms with E-state index in [9.17, 15) is 4.79 Å². The number of pyridine rings is 1. The van der Waals surface area contributed by atoms with Crippen LogP contribution in [0.5, 0.6) is 0 Å². The fourth-order valence-corrected chi connectivity index (χ4v) is 1.50. The normalized spacial score (nSPS) is 10.1. The monoisotopic (exact) mass is 246 g/mol. The van der Waals surface area contributed by atoms with Gasteiger partial charge < -0.3 is 9.84 Å². The molecule has 2 N–H and O–H groups in total. The second-order valence-corrected chi connectivity index (χ2v) is 3.72. The van der Waals surface area contributed by atoms with Crippen molar-refractivity contribution in [2.24, 2.45) is 0 Å². The molecule has 0 aliphatic carbocycles. The Balaban J connectivity index is 2.18. The lowest BCUT2D eigenvalue weighted by molar-refractivity contribution is 0.102. The summed E-state index contributed by atoms with van der Waals surface area (Å²) in [7, 11) is 0. The molecule has 0 saturated heterocycles. The topological polar surface area (TPSA) is 80.0 Å². The number of aryl methyl sites for hydroxylation is 1. The third-order valence-electron chi connectivity index (χ3n) is 2.26. The Labute approximate surface area is 104 Å². The van der Waals surface area contributed by atoms with E-state index in [2.05, 4.69) is 20.8 Å². The summed E-state index contributed by atoms with van der Waals surface area (Å²) in [6.45, 7) is 4.42. The average Bonchev–Trinajstić information content (AvgIpc) is 2.76. The lowest BCUT2D eigenvalue weighted by atomic mass is 10.2. The van der Waals surface area contributed by atoms with Crippen molar-refractivity contribution in [1.29, 1.82) is 0 Å². The molecule has 2 heterocycles. The maximum Gasteiger partial charge on any atom is 0.261 e. The van der Waals surface area contributed by atoms with Gasteiger partial charge in [-0.25, -0.2) is 4.98 Å². The smallest absolute Gasteiger partial charge is 0.261 e. The highest BCUT2D eigenvalue weighted by atomic mass is 16.5. The van der Waals surface area contributed by atoms with Gasteiger partial charge in [0, 0.05) is 18.8 Å². The molecule has 6 heteroatoms. The van der Waals surface area contributed by atoms with E-state index in [1.165, 1.54) is 0 Å². The van der Waals surface area contributed by atoms with Gasteiger partial charge in [0.25, 0.3) is 5.91 Å². The molecule has 0 unspecified atom stereocenters. The van der Waals surface area contributed by atoms with Crippen LogP contribution in [0.15, 0.2) is 28.9 Å². The van der Waals surface area contributed by atoms with Crippen molar-refractivity contribution >= 4 is 17.6 Å². The van der Waals surface area contributed by atoms with Crippen LogP contribution in [0.3, 0.4) is 0 Å². The molecule has 0 spiro atoms. The number of hydrogen-bond acceptors (Lipinski definition) is 5. The Morgan fingerprint density at radius 3 is 3.00 bits per heavy atom. The molecule has 0 fully saturated rings. The van der Waals surface area contributed by atoms with Crippen LogP contribution >= 0.6 is 0 Å². The molecule has 2 aromatic heterocycles. The van der Waals surface area contributed by atoms with E-state index in [-0.39, 0.29) is 5.91 Å². The highest BCUT2D eigenvalue weighted by Gasteiger charge is 2.13. The number of nitrogens with one attached hydrogen (secondary N) is 2. The van der Waals surface area contributed by atoms with E-state index in [4.69, 9.17) is 4.52 Å². The number of aromatic nitrogens is 2. The highest BCUT2D eigenvalue weighted by Crippen LogP contribution is 2.15. The number of amides is 1. The molecule has 0 bridgehead atoms. The molecule has 0 aliphatic rings. The fourth-order valence-electron chi connectivity index (χ4n) is 1.50. The number of hydrogen-bond donors (Lipinski definition) is 2. The molecule has 6 nitrogen and oxygen atoms in total. The molecule has 0 radical (unpaired) electrons. The van der Waals surface area contributed by atoms with E-state index in [1.54, 1.807) is 31.3 Å². The predicted octanol–water partition coefficient (Wildman–Crippen LogP) is 2.06. The summed E-state index contributed by atoms with van der Waals surface area (Å²) in [6.07, 6.45) is 1.63. The molecule has 1 amide bonds. The summed E-state index contributed by atoms with van der Waals surface area (Å²) in [4.78, 5) is 16.2. The minimum atomic E-state index is -0.282. The van der Waals surface area contributed by atoms with Gasteiger partial charge in [0.15, 0.2) is 0 Å². The molecular weight excluding hydrogens is 232 g/mol. The quantitative estimate of drug-likeness (QED) is 0.863. The lowest BCUT2D eigenvalue weighted by Crippen LogP contribution is -2.15. The molecule has 2 aromatic rings. The summed E-state index contributed by atoms with van der Waals surface area (Å²) in [5.41, 5.74) is 1.18. The van der Waals surface area contributed by atoms with Crippen LogP contribution in [0.2, 0.25) is 0 Å². The van der Waals surface area contributed by atoms with Gasteiger partial charge in [-0.1, -0.05) is 5.16 Å². The Bertz CT molecular complexity index is 551. The van der Waals surface area contributed by atoms with Crippen LogP contribution < -0.4 is 10.6 Å². The van der Waals surface area contributed by atoms with Crippen molar-refractivity contribution in [1.82, 2.24) is 10.1 Å². The second kappa shape index (κ2) is 5.31. The van der Waals surface area contributed by atoms with E-state index < -0.39 is 0 Å². The van der Waals surface area contributed by atoms with Crippen molar-refractivity contribution in [3.05, 3.63) is 35.7 Å². The summed E-state index contributed by atoms with van der Waals surface area (Å²) in [5.74, 6) is 0.590. The Morgan fingerprint density at radius 2 is 2.33 bits per heavy atom. The zero-order valence-electron chi connectivity index (χ0n) is 10.2. The summed E-state index contributed by atoms with van der Waals surface area (Å²) < 4.78 is 4.93. The number of rotatable bonds is 4. The van der Waals surface area contributed by atoms with Crippen molar-refractivity contribution < 1.29 is 9.32 Å². The van der Waals surface area contributed by atoms with Crippen LogP contribution in [-0.4, -0.2) is 22.6 Å². The second-order valence-electron chi connectivity index (χ2n) is 3.72. The predicted molar refractivity (Wildman–Crippen MR) is 67.6 cm³/mol. The van der Waals surface area contributed by atoms with E-state index in [0.717, 1.165) is 0 Å². The summed E-state index contributed by atoms with van der Waals surface area (Å²) in [5, 5.41) is 9.36. The van der Waals surface area contributed by atoms with Gasteiger partial charge in [0.2, 0.25) is 5.88 Å². The number of carbonyl (C=O) groups excluding carboxylic acids is 1. The first-order valence-electron chi connectivity index (χ1n) is 5.64. The van der Waals surface area contributed by atoms with Crippen molar-refractivity contribution in [2.45, 2.75) is 13.8 Å². The van der Waals surface area contributed by atoms with Crippen LogP contribution in [-0.2, 0) is 0 Å². The van der Waals surface area contributed by atoms with Gasteiger partial charge in [0.05, 0.1) is 11.3 Å². The first-order chi connectivity index (χ1) is 8.70. The minimum Gasteiger partial charge on any atom is -0.370 e. The van der Waals surface area contributed by atoms with Crippen molar-refractivity contribution in [3.8, 4) is 0 Å². The molecule has 94 valence electrons. The Morgan fingerprint density at radius 1 is 1.50 bits per heavy atom. The Kier molecular flexibility index (Phi) is 3.57. The van der Waals surface area contributed by atoms with Crippen molar-refractivity contribution in [2.75, 3.05) is 17.2 Å². The van der Waals surface area contributed by atoms with Gasteiger partial charge in [-0.15, -0.1) is 0 Å². The highest BCUT2D eigenvalue weighted by molar-refractivity contribution is 6.06. The maximum absolute atomic E-state index is 12.0. The van der Waals surface area contributed by atoms with Crippen LogP contribution in [0, 0.1) is 6.92 Å². The molecule has 18 heavy (non-hydrogen) atoms. The van der Waals surface area contributed by atoms with Gasteiger partial charge >= 0.3 is 0 Å². The third-order valence-corrected chi connectivity index (χ3v) is 2.26. The van der Waals surface area contributed by atoms with Crippen molar-refractivity contribution in [3.63, 3.8) is 0 Å². The van der Waals surface area contributed by atoms with E-state index in [0.29, 0.717) is 29.5 Å². The average molecular weight is 246 g/mol.